The SMILES string of the molecule is O=C(O)Cn1c(Cc2ccccc2C(=O)O)nc2ccccc21. The number of carboxylic acids is 2. The first-order valence-corrected chi connectivity index (χ1v) is 7.03. The smallest absolute Gasteiger partial charge is 0.335 e. The Morgan fingerprint density at radius 1 is 1.00 bits per heavy atom. The summed E-state index contributed by atoms with van der Waals surface area (Å²) in [7, 11) is 0. The highest BCUT2D eigenvalue weighted by Gasteiger charge is 2.16. The first-order chi connectivity index (χ1) is 11.1. The normalized spacial score (nSPS) is 10.8. The van der Waals surface area contributed by atoms with E-state index in [1.54, 1.807) is 34.9 Å². The molecular weight excluding hydrogens is 296 g/mol. The van der Waals surface area contributed by atoms with Gasteiger partial charge in [0, 0.05) is 6.42 Å². The van der Waals surface area contributed by atoms with Gasteiger partial charge in [-0.05, 0) is 23.8 Å². The Bertz CT molecular complexity index is 898. The van der Waals surface area contributed by atoms with Gasteiger partial charge in [0.2, 0.25) is 0 Å². The van der Waals surface area contributed by atoms with Crippen LogP contribution in [0, 0.1) is 0 Å². The lowest BCUT2D eigenvalue weighted by Gasteiger charge is -2.08. The van der Waals surface area contributed by atoms with E-state index in [1.165, 1.54) is 6.07 Å². The summed E-state index contributed by atoms with van der Waals surface area (Å²) in [6.45, 7) is -0.217. The van der Waals surface area contributed by atoms with E-state index in [0.29, 0.717) is 16.9 Å². The molecule has 6 nitrogen and oxygen atoms in total. The van der Waals surface area contributed by atoms with Crippen LogP contribution in [-0.2, 0) is 17.8 Å². The van der Waals surface area contributed by atoms with Gasteiger partial charge in [0.05, 0.1) is 16.6 Å². The molecule has 23 heavy (non-hydrogen) atoms. The van der Waals surface area contributed by atoms with Gasteiger partial charge in [-0.1, -0.05) is 30.3 Å². The molecule has 6 heteroatoms. The number of fused-ring (bicyclic) bond motifs is 1. The average Bonchev–Trinajstić information content (AvgIpc) is 2.85. The third-order valence-electron chi connectivity index (χ3n) is 3.62. The number of aliphatic carboxylic acids is 1. The molecule has 3 rings (SSSR count). The maximum absolute atomic E-state index is 11.3. The fourth-order valence-electron chi connectivity index (χ4n) is 2.63. The van der Waals surface area contributed by atoms with Gasteiger partial charge < -0.3 is 14.8 Å². The van der Waals surface area contributed by atoms with Gasteiger partial charge in [0.25, 0.3) is 0 Å². The first-order valence-electron chi connectivity index (χ1n) is 7.03. The van der Waals surface area contributed by atoms with E-state index < -0.39 is 11.9 Å². The number of carbonyl (C=O) groups is 2. The van der Waals surface area contributed by atoms with Crippen LogP contribution in [0.2, 0.25) is 0 Å². The predicted molar refractivity (Wildman–Crippen MR) is 83.6 cm³/mol. The standard InChI is InChI=1S/C17H14N2O4/c20-16(21)10-19-14-8-4-3-7-13(14)18-15(19)9-11-5-1-2-6-12(11)17(22)23/h1-8H,9-10H2,(H,20,21)(H,22,23). The van der Waals surface area contributed by atoms with Crippen molar-refractivity contribution in [3.05, 3.63) is 65.5 Å². The molecule has 0 aliphatic carbocycles. The van der Waals surface area contributed by atoms with Crippen LogP contribution < -0.4 is 0 Å². The van der Waals surface area contributed by atoms with Gasteiger partial charge >= 0.3 is 11.9 Å². The molecule has 0 aliphatic rings. The average molecular weight is 310 g/mol. The number of carboxylic acid groups (broad SMARTS) is 2. The van der Waals surface area contributed by atoms with Crippen LogP contribution in [-0.4, -0.2) is 31.7 Å². The van der Waals surface area contributed by atoms with Crippen molar-refractivity contribution in [3.63, 3.8) is 0 Å². The second-order valence-corrected chi connectivity index (χ2v) is 5.14. The lowest BCUT2D eigenvalue weighted by molar-refractivity contribution is -0.137. The molecule has 2 N–H and O–H groups in total. The number of aromatic carboxylic acids is 1. The van der Waals surface area contributed by atoms with Crippen LogP contribution in [0.15, 0.2) is 48.5 Å². The zero-order valence-electron chi connectivity index (χ0n) is 12.1. The van der Waals surface area contributed by atoms with Gasteiger partial charge in [0.1, 0.15) is 12.4 Å². The third-order valence-corrected chi connectivity index (χ3v) is 3.62. The molecule has 0 spiro atoms. The Balaban J connectivity index is 2.10. The van der Waals surface area contributed by atoms with Gasteiger partial charge in [-0.15, -0.1) is 0 Å². The molecule has 0 aliphatic heterocycles. The minimum atomic E-state index is -1.01. The minimum Gasteiger partial charge on any atom is -0.480 e. The van der Waals surface area contributed by atoms with Crippen LogP contribution in [0.4, 0.5) is 0 Å². The van der Waals surface area contributed by atoms with Crippen molar-refractivity contribution in [2.75, 3.05) is 0 Å². The zero-order valence-corrected chi connectivity index (χ0v) is 12.1. The Morgan fingerprint density at radius 2 is 1.70 bits per heavy atom. The summed E-state index contributed by atoms with van der Waals surface area (Å²) in [4.78, 5) is 26.9. The quantitative estimate of drug-likeness (QED) is 0.755. The highest BCUT2D eigenvalue weighted by molar-refractivity contribution is 5.89. The van der Waals surface area contributed by atoms with Crippen LogP contribution in [0.25, 0.3) is 11.0 Å². The molecule has 0 atom stereocenters. The van der Waals surface area contributed by atoms with E-state index in [4.69, 9.17) is 5.11 Å². The molecule has 1 heterocycles. The van der Waals surface area contributed by atoms with Gasteiger partial charge in [0.15, 0.2) is 0 Å². The maximum atomic E-state index is 11.3. The highest BCUT2D eigenvalue weighted by Crippen LogP contribution is 2.20. The summed E-state index contributed by atoms with van der Waals surface area (Å²) in [5.41, 5.74) is 2.21. The van der Waals surface area contributed by atoms with Crippen LogP contribution in [0.5, 0.6) is 0 Å². The number of imidazole rings is 1. The molecule has 0 amide bonds. The van der Waals surface area contributed by atoms with Crippen LogP contribution in [0.3, 0.4) is 0 Å². The van der Waals surface area contributed by atoms with Crippen LogP contribution >= 0.6 is 0 Å². The molecule has 3 aromatic rings. The van der Waals surface area contributed by atoms with Crippen molar-refractivity contribution in [3.8, 4) is 0 Å². The van der Waals surface area contributed by atoms with E-state index in [0.717, 1.165) is 5.52 Å². The molecule has 116 valence electrons. The summed E-state index contributed by atoms with van der Waals surface area (Å²) in [5, 5.41) is 18.4. The number of nitrogens with zero attached hydrogens (tertiary/aromatic N) is 2. The van der Waals surface area contributed by atoms with E-state index in [2.05, 4.69) is 4.98 Å². The number of benzene rings is 2. The molecule has 0 fully saturated rings. The first kappa shape index (κ1) is 14.8. The van der Waals surface area contributed by atoms with E-state index >= 15 is 0 Å². The molecule has 0 unspecified atom stereocenters. The summed E-state index contributed by atoms with van der Waals surface area (Å²) in [6.07, 6.45) is 0.254. The number of hydrogen-bond donors (Lipinski definition) is 2. The van der Waals surface area contributed by atoms with Gasteiger partial charge in [-0.3, -0.25) is 4.79 Å². The molecule has 1 aromatic heterocycles. The lowest BCUT2D eigenvalue weighted by Crippen LogP contribution is -2.13. The number of aromatic nitrogens is 2. The predicted octanol–water partition coefficient (Wildman–Crippen LogP) is 2.41. The van der Waals surface area contributed by atoms with Crippen molar-refractivity contribution in [2.45, 2.75) is 13.0 Å². The topological polar surface area (TPSA) is 92.4 Å². The van der Waals surface area contributed by atoms with Crippen molar-refractivity contribution < 1.29 is 19.8 Å². The fraction of sp³-hybridized carbons (Fsp3) is 0.118. The van der Waals surface area contributed by atoms with Gasteiger partial charge in [-0.2, -0.15) is 0 Å². The largest absolute Gasteiger partial charge is 0.480 e. The summed E-state index contributed by atoms with van der Waals surface area (Å²) in [6, 6.07) is 13.9. The Kier molecular flexibility index (Phi) is 3.80. The second kappa shape index (κ2) is 5.92. The number of hydrogen-bond acceptors (Lipinski definition) is 3. The van der Waals surface area contributed by atoms with Crippen molar-refractivity contribution in [1.82, 2.24) is 9.55 Å². The summed E-state index contributed by atoms with van der Waals surface area (Å²) >= 11 is 0. The highest BCUT2D eigenvalue weighted by atomic mass is 16.4. The molecule has 0 radical (unpaired) electrons. The number of rotatable bonds is 5. The Hall–Kier alpha value is -3.15. The molecule has 2 aromatic carbocycles. The van der Waals surface area contributed by atoms with Crippen molar-refractivity contribution in [2.24, 2.45) is 0 Å². The van der Waals surface area contributed by atoms with E-state index in [-0.39, 0.29) is 18.5 Å². The fourth-order valence-corrected chi connectivity index (χ4v) is 2.63. The lowest BCUT2D eigenvalue weighted by atomic mass is 10.0. The van der Waals surface area contributed by atoms with Crippen molar-refractivity contribution in [1.29, 1.82) is 0 Å². The molecule has 0 saturated carbocycles. The second-order valence-electron chi connectivity index (χ2n) is 5.14. The van der Waals surface area contributed by atoms with Gasteiger partial charge in [-0.25, -0.2) is 9.78 Å². The number of para-hydroxylation sites is 2. The van der Waals surface area contributed by atoms with Crippen molar-refractivity contribution >= 4 is 23.0 Å². The molecule has 0 saturated heterocycles. The minimum absolute atomic E-state index is 0.196. The van der Waals surface area contributed by atoms with Crippen LogP contribution in [0.1, 0.15) is 21.7 Å². The van der Waals surface area contributed by atoms with E-state index in [1.807, 2.05) is 12.1 Å². The third kappa shape index (κ3) is 2.91. The molecule has 0 bridgehead atoms. The molecular formula is C17H14N2O4. The zero-order chi connectivity index (χ0) is 16.4. The van der Waals surface area contributed by atoms with E-state index in [9.17, 15) is 14.7 Å². The summed E-state index contributed by atoms with van der Waals surface area (Å²) in [5.74, 6) is -1.45. The Morgan fingerprint density at radius 3 is 2.43 bits per heavy atom. The monoisotopic (exact) mass is 310 g/mol. The maximum Gasteiger partial charge on any atom is 0.335 e. The summed E-state index contributed by atoms with van der Waals surface area (Å²) < 4.78 is 1.61. The Labute approximate surface area is 131 Å².